The lowest BCUT2D eigenvalue weighted by Crippen LogP contribution is -2.37. The molecule has 0 amide bonds. The number of hydrogen-bond acceptors (Lipinski definition) is 7. The number of carbonyl (C=O) groups excluding carboxylic acids is 2. The molecule has 2 atom stereocenters. The van der Waals surface area contributed by atoms with Crippen LogP contribution in [0.4, 0.5) is 0 Å². The molecule has 9 nitrogen and oxygen atoms in total. The van der Waals surface area contributed by atoms with Gasteiger partial charge in [-0.1, -0.05) is 0 Å². The summed E-state index contributed by atoms with van der Waals surface area (Å²) >= 11 is 0. The number of isocyanates is 2. The highest BCUT2D eigenvalue weighted by Gasteiger charge is 2.57. The molecule has 120 valence electrons. The van der Waals surface area contributed by atoms with Crippen molar-refractivity contribution >= 4 is 24.1 Å². The number of nitrogens with zero attached hydrogens (tertiary/aromatic N) is 2. The molecule has 2 aliphatic rings. The van der Waals surface area contributed by atoms with Crippen LogP contribution in [0.25, 0.3) is 0 Å². The van der Waals surface area contributed by atoms with Crippen LogP contribution in [0.5, 0.6) is 0 Å². The van der Waals surface area contributed by atoms with Crippen LogP contribution < -0.4 is 0 Å². The maximum absolute atomic E-state index is 11.6. The zero-order valence-corrected chi connectivity index (χ0v) is 11.8. The number of hydrogen-bond donors (Lipinski definition) is 2. The van der Waals surface area contributed by atoms with Crippen LogP contribution in [-0.4, -0.2) is 59.1 Å². The van der Waals surface area contributed by atoms with E-state index in [4.69, 9.17) is 4.74 Å². The molecular weight excluding hydrogens is 308 g/mol. The quantitative estimate of drug-likeness (QED) is 0.363. The van der Waals surface area contributed by atoms with E-state index >= 15 is 0 Å². The van der Waals surface area contributed by atoms with Gasteiger partial charge in [0.1, 0.15) is 11.7 Å². The van der Waals surface area contributed by atoms with Crippen molar-refractivity contribution in [1.82, 2.24) is 0 Å². The predicted molar refractivity (Wildman–Crippen MR) is 73.2 cm³/mol. The van der Waals surface area contributed by atoms with Crippen molar-refractivity contribution in [3.63, 3.8) is 0 Å². The molecule has 2 aliphatic heterocycles. The van der Waals surface area contributed by atoms with Crippen molar-refractivity contribution in [2.75, 3.05) is 13.1 Å². The van der Waals surface area contributed by atoms with E-state index in [2.05, 4.69) is 9.98 Å². The molecule has 2 N–H and O–H groups in total. The SMILES string of the molecule is O=C=NCCC1=CC2OC1(CCN=C=O)C(C(=O)O)=C2C(=O)O. The Kier molecular flexibility index (Phi) is 4.66. The average Bonchev–Trinajstić information content (AvgIpc) is 3.00. The highest BCUT2D eigenvalue weighted by atomic mass is 16.5. The van der Waals surface area contributed by atoms with Crippen molar-refractivity contribution < 1.29 is 34.1 Å². The minimum atomic E-state index is -1.48. The van der Waals surface area contributed by atoms with Crippen molar-refractivity contribution in [2.45, 2.75) is 24.5 Å². The summed E-state index contributed by atoms with van der Waals surface area (Å²) in [4.78, 5) is 50.1. The van der Waals surface area contributed by atoms with Crippen molar-refractivity contribution in [2.24, 2.45) is 9.98 Å². The second-order valence-electron chi connectivity index (χ2n) is 4.90. The standard InChI is InChI=1S/C14H12N2O7/c17-6-15-3-1-8-5-9-10(12(19)20)11(13(21)22)14(8,23-9)2-4-16-7-18/h5,9H,1-4H2,(H,19,20)(H,21,22). The molecule has 0 aromatic heterocycles. The van der Waals surface area contributed by atoms with Crippen LogP contribution in [0, 0.1) is 0 Å². The lowest BCUT2D eigenvalue weighted by Gasteiger charge is -2.29. The zero-order chi connectivity index (χ0) is 17.0. The summed E-state index contributed by atoms with van der Waals surface area (Å²) in [6, 6.07) is 0. The highest BCUT2D eigenvalue weighted by Crippen LogP contribution is 2.50. The summed E-state index contributed by atoms with van der Waals surface area (Å²) in [5, 5.41) is 18.7. The Bertz CT molecular complexity index is 711. The predicted octanol–water partition coefficient (Wildman–Crippen LogP) is -0.0184. The summed E-state index contributed by atoms with van der Waals surface area (Å²) in [7, 11) is 0. The molecule has 2 heterocycles. The van der Waals surface area contributed by atoms with E-state index in [0.29, 0.717) is 5.57 Å². The molecule has 0 aliphatic carbocycles. The monoisotopic (exact) mass is 320 g/mol. The Hall–Kier alpha value is -2.86. The number of fused-ring (bicyclic) bond motifs is 2. The molecule has 2 unspecified atom stereocenters. The molecular formula is C14H12N2O7. The molecule has 23 heavy (non-hydrogen) atoms. The topological polar surface area (TPSA) is 143 Å². The summed E-state index contributed by atoms with van der Waals surface area (Å²) in [5.74, 6) is -2.79. The number of carboxylic acids is 2. The van der Waals surface area contributed by atoms with E-state index in [0.717, 1.165) is 0 Å². The normalized spacial score (nSPS) is 24.7. The first-order valence-electron chi connectivity index (χ1n) is 6.65. The minimum Gasteiger partial charge on any atom is -0.478 e. The number of rotatable bonds is 8. The van der Waals surface area contributed by atoms with Gasteiger partial charge in [0.2, 0.25) is 12.2 Å². The van der Waals surface area contributed by atoms with E-state index in [1.165, 1.54) is 18.2 Å². The number of carboxylic acid groups (broad SMARTS) is 2. The smallest absolute Gasteiger partial charge is 0.335 e. The van der Waals surface area contributed by atoms with E-state index in [9.17, 15) is 29.4 Å². The lowest BCUT2D eigenvalue weighted by atomic mass is 9.77. The van der Waals surface area contributed by atoms with Crippen molar-refractivity contribution in [1.29, 1.82) is 0 Å². The van der Waals surface area contributed by atoms with E-state index in [-0.39, 0.29) is 37.1 Å². The molecule has 0 saturated carbocycles. The molecule has 0 fully saturated rings. The summed E-state index contributed by atoms with van der Waals surface area (Å²) in [6.45, 7) is -0.00635. The third kappa shape index (κ3) is 2.76. The first-order valence-corrected chi connectivity index (χ1v) is 6.65. The van der Waals surface area contributed by atoms with Crippen LogP contribution in [0.2, 0.25) is 0 Å². The van der Waals surface area contributed by atoms with Gasteiger partial charge in [0.25, 0.3) is 0 Å². The van der Waals surface area contributed by atoms with Crippen LogP contribution in [0.15, 0.2) is 32.8 Å². The highest BCUT2D eigenvalue weighted by molar-refractivity contribution is 6.04. The van der Waals surface area contributed by atoms with Crippen molar-refractivity contribution in [3.8, 4) is 0 Å². The van der Waals surface area contributed by atoms with Gasteiger partial charge in [-0.05, 0) is 18.1 Å². The van der Waals surface area contributed by atoms with Gasteiger partial charge in [0, 0.05) is 6.42 Å². The van der Waals surface area contributed by atoms with Gasteiger partial charge in [-0.2, -0.15) is 0 Å². The Labute approximate surface area is 129 Å². The maximum atomic E-state index is 11.6. The molecule has 2 bridgehead atoms. The lowest BCUT2D eigenvalue weighted by molar-refractivity contribution is -0.136. The third-order valence-electron chi connectivity index (χ3n) is 3.80. The fourth-order valence-corrected chi connectivity index (χ4v) is 2.99. The maximum Gasteiger partial charge on any atom is 0.335 e. The second-order valence-corrected chi connectivity index (χ2v) is 4.90. The van der Waals surface area contributed by atoms with Gasteiger partial charge >= 0.3 is 11.9 Å². The summed E-state index contributed by atoms with van der Waals surface area (Å²) < 4.78 is 5.64. The molecule has 0 spiro atoms. The van der Waals surface area contributed by atoms with Crippen LogP contribution in [0.3, 0.4) is 0 Å². The van der Waals surface area contributed by atoms with E-state index in [1.807, 2.05) is 0 Å². The molecule has 0 aromatic rings. The summed E-state index contributed by atoms with van der Waals surface area (Å²) in [6.07, 6.45) is 3.43. The second kappa shape index (κ2) is 6.50. The first kappa shape index (κ1) is 16.5. The number of carbonyl (C=O) groups is 2. The largest absolute Gasteiger partial charge is 0.478 e. The van der Waals surface area contributed by atoms with Crippen LogP contribution in [0.1, 0.15) is 12.8 Å². The molecule has 0 radical (unpaired) electrons. The van der Waals surface area contributed by atoms with Gasteiger partial charge in [0.15, 0.2) is 0 Å². The number of ether oxygens (including phenoxy) is 1. The van der Waals surface area contributed by atoms with Crippen LogP contribution in [-0.2, 0) is 23.9 Å². The Morgan fingerprint density at radius 1 is 1.17 bits per heavy atom. The minimum absolute atomic E-state index is 0.0200. The number of aliphatic imine (C=N–C) groups is 2. The summed E-state index contributed by atoms with van der Waals surface area (Å²) in [5.41, 5.74) is -1.69. The van der Waals surface area contributed by atoms with Gasteiger partial charge in [-0.3, -0.25) is 0 Å². The van der Waals surface area contributed by atoms with Gasteiger partial charge in [-0.15, -0.1) is 0 Å². The Morgan fingerprint density at radius 2 is 1.83 bits per heavy atom. The Morgan fingerprint density at radius 3 is 2.39 bits per heavy atom. The zero-order valence-electron chi connectivity index (χ0n) is 11.8. The van der Waals surface area contributed by atoms with Gasteiger partial charge in [0.05, 0.1) is 24.2 Å². The van der Waals surface area contributed by atoms with Crippen LogP contribution >= 0.6 is 0 Å². The van der Waals surface area contributed by atoms with E-state index in [1.54, 1.807) is 0 Å². The van der Waals surface area contributed by atoms with Gasteiger partial charge in [-0.25, -0.2) is 29.2 Å². The Balaban J connectivity index is 2.45. The van der Waals surface area contributed by atoms with Gasteiger partial charge < -0.3 is 14.9 Å². The molecule has 2 rings (SSSR count). The average molecular weight is 320 g/mol. The number of aliphatic carboxylic acids is 2. The fraction of sp³-hybridized carbons (Fsp3) is 0.429. The van der Waals surface area contributed by atoms with Crippen molar-refractivity contribution in [3.05, 3.63) is 22.8 Å². The third-order valence-corrected chi connectivity index (χ3v) is 3.80. The van der Waals surface area contributed by atoms with E-state index < -0.39 is 23.6 Å². The molecule has 0 aromatic carbocycles. The first-order chi connectivity index (χ1) is 11.0. The molecule has 0 saturated heterocycles. The fourth-order valence-electron chi connectivity index (χ4n) is 2.99. The molecule has 9 heteroatoms.